The van der Waals surface area contributed by atoms with Gasteiger partial charge in [0.05, 0.1) is 7.11 Å². The molecule has 0 radical (unpaired) electrons. The minimum atomic E-state index is -0.242. The highest BCUT2D eigenvalue weighted by Crippen LogP contribution is 2.18. The van der Waals surface area contributed by atoms with Crippen LogP contribution in [0.5, 0.6) is 5.88 Å². The Morgan fingerprint density at radius 3 is 2.74 bits per heavy atom. The third-order valence-corrected chi connectivity index (χ3v) is 2.98. The number of hydrogen-bond acceptors (Lipinski definition) is 3. The molecular formula is C14H12FN3O. The lowest BCUT2D eigenvalue weighted by molar-refractivity contribution is 0.390. The van der Waals surface area contributed by atoms with Crippen molar-refractivity contribution in [1.82, 2.24) is 14.6 Å². The van der Waals surface area contributed by atoms with Crippen molar-refractivity contribution < 1.29 is 9.13 Å². The number of pyridine rings is 1. The summed E-state index contributed by atoms with van der Waals surface area (Å²) in [6, 6.07) is 12.2. The molecule has 2 heterocycles. The van der Waals surface area contributed by atoms with Crippen LogP contribution in [0.2, 0.25) is 0 Å². The molecule has 4 nitrogen and oxygen atoms in total. The van der Waals surface area contributed by atoms with Gasteiger partial charge < -0.3 is 4.74 Å². The number of rotatable bonds is 3. The summed E-state index contributed by atoms with van der Waals surface area (Å²) in [6.45, 7) is 0. The lowest BCUT2D eigenvalue weighted by Gasteiger charge is -2.06. The Balaban J connectivity index is 2.09. The molecule has 0 amide bonds. The van der Waals surface area contributed by atoms with Crippen LogP contribution in [-0.4, -0.2) is 21.7 Å². The Hall–Kier alpha value is -2.43. The molecule has 0 aliphatic heterocycles. The van der Waals surface area contributed by atoms with Crippen molar-refractivity contribution in [2.24, 2.45) is 0 Å². The molecule has 0 spiro atoms. The van der Waals surface area contributed by atoms with E-state index in [1.807, 2.05) is 18.2 Å². The van der Waals surface area contributed by atoms with Crippen LogP contribution in [0.4, 0.5) is 4.39 Å². The topological polar surface area (TPSA) is 39.4 Å². The van der Waals surface area contributed by atoms with Gasteiger partial charge in [-0.1, -0.05) is 24.3 Å². The first-order valence-corrected chi connectivity index (χ1v) is 5.90. The van der Waals surface area contributed by atoms with Gasteiger partial charge in [-0.3, -0.25) is 0 Å². The van der Waals surface area contributed by atoms with Crippen molar-refractivity contribution in [2.75, 3.05) is 7.11 Å². The molecule has 0 aliphatic rings. The molecule has 0 saturated heterocycles. The van der Waals surface area contributed by atoms with Crippen molar-refractivity contribution >= 4 is 5.65 Å². The van der Waals surface area contributed by atoms with E-state index in [0.717, 1.165) is 0 Å². The summed E-state index contributed by atoms with van der Waals surface area (Å²) in [5.74, 6) is 1.04. The summed E-state index contributed by atoms with van der Waals surface area (Å²) in [7, 11) is 1.58. The average molecular weight is 257 g/mol. The molecule has 0 fully saturated rings. The molecule has 0 N–H and O–H groups in total. The van der Waals surface area contributed by atoms with Crippen molar-refractivity contribution in [2.45, 2.75) is 6.42 Å². The lowest BCUT2D eigenvalue weighted by Crippen LogP contribution is -2.01. The normalized spacial score (nSPS) is 10.8. The number of methoxy groups -OCH3 is 1. The van der Waals surface area contributed by atoms with E-state index in [4.69, 9.17) is 4.74 Å². The summed E-state index contributed by atoms with van der Waals surface area (Å²) >= 11 is 0. The quantitative estimate of drug-likeness (QED) is 0.723. The summed E-state index contributed by atoms with van der Waals surface area (Å²) in [5, 5.41) is 8.17. The molecule has 0 unspecified atom stereocenters. The van der Waals surface area contributed by atoms with E-state index in [2.05, 4.69) is 10.2 Å². The van der Waals surface area contributed by atoms with Crippen LogP contribution in [0.15, 0.2) is 42.5 Å². The van der Waals surface area contributed by atoms with E-state index in [-0.39, 0.29) is 5.82 Å². The maximum Gasteiger partial charge on any atom is 0.200 e. The standard InChI is InChI=1S/C14H12FN3O/c1-19-14-8-4-7-12-16-17-13(18(12)14)9-10-5-2-3-6-11(10)15/h2-8H,9H2,1H3. The maximum atomic E-state index is 13.7. The molecule has 5 heteroatoms. The third-order valence-electron chi connectivity index (χ3n) is 2.98. The summed E-state index contributed by atoms with van der Waals surface area (Å²) in [4.78, 5) is 0. The van der Waals surface area contributed by atoms with Gasteiger partial charge in [-0.25, -0.2) is 8.79 Å². The van der Waals surface area contributed by atoms with Crippen LogP contribution in [0.1, 0.15) is 11.4 Å². The first kappa shape index (κ1) is 11.6. The van der Waals surface area contributed by atoms with E-state index in [1.54, 1.807) is 29.7 Å². The van der Waals surface area contributed by atoms with E-state index in [1.165, 1.54) is 6.07 Å². The van der Waals surface area contributed by atoms with Crippen molar-refractivity contribution in [3.63, 3.8) is 0 Å². The molecule has 2 aromatic heterocycles. The molecular weight excluding hydrogens is 245 g/mol. The van der Waals surface area contributed by atoms with Crippen molar-refractivity contribution in [3.05, 3.63) is 59.7 Å². The largest absolute Gasteiger partial charge is 0.482 e. The Morgan fingerprint density at radius 1 is 1.11 bits per heavy atom. The van der Waals surface area contributed by atoms with Gasteiger partial charge in [-0.05, 0) is 23.8 Å². The zero-order valence-electron chi connectivity index (χ0n) is 10.4. The first-order chi connectivity index (χ1) is 9.29. The predicted molar refractivity (Wildman–Crippen MR) is 68.7 cm³/mol. The monoisotopic (exact) mass is 257 g/mol. The van der Waals surface area contributed by atoms with Crippen LogP contribution in [0.3, 0.4) is 0 Å². The first-order valence-electron chi connectivity index (χ1n) is 5.90. The molecule has 1 aromatic carbocycles. The number of benzene rings is 1. The number of halogens is 1. The van der Waals surface area contributed by atoms with Crippen LogP contribution in [0, 0.1) is 5.82 Å². The van der Waals surface area contributed by atoms with E-state index in [9.17, 15) is 4.39 Å². The van der Waals surface area contributed by atoms with Crippen LogP contribution < -0.4 is 4.74 Å². The van der Waals surface area contributed by atoms with E-state index >= 15 is 0 Å². The summed E-state index contributed by atoms with van der Waals surface area (Å²) in [6.07, 6.45) is 0.369. The molecule has 0 saturated carbocycles. The highest BCUT2D eigenvalue weighted by atomic mass is 19.1. The highest BCUT2D eigenvalue weighted by Gasteiger charge is 2.12. The van der Waals surface area contributed by atoms with Gasteiger partial charge in [0.25, 0.3) is 0 Å². The zero-order valence-corrected chi connectivity index (χ0v) is 10.4. The fourth-order valence-electron chi connectivity index (χ4n) is 2.06. The van der Waals surface area contributed by atoms with Gasteiger partial charge >= 0.3 is 0 Å². The van der Waals surface area contributed by atoms with Gasteiger partial charge in [-0.2, -0.15) is 0 Å². The molecule has 3 aromatic rings. The number of nitrogens with zero attached hydrogens (tertiary/aromatic N) is 3. The van der Waals surface area contributed by atoms with Crippen molar-refractivity contribution in [3.8, 4) is 5.88 Å². The lowest BCUT2D eigenvalue weighted by atomic mass is 10.1. The van der Waals surface area contributed by atoms with Gasteiger partial charge in [0.15, 0.2) is 5.65 Å². The Labute approximate surface area is 109 Å². The second-order valence-corrected chi connectivity index (χ2v) is 4.15. The smallest absolute Gasteiger partial charge is 0.200 e. The van der Waals surface area contributed by atoms with Gasteiger partial charge in [0, 0.05) is 6.42 Å². The molecule has 19 heavy (non-hydrogen) atoms. The summed E-state index contributed by atoms with van der Waals surface area (Å²) < 4.78 is 20.7. The molecule has 0 aliphatic carbocycles. The fraction of sp³-hybridized carbons (Fsp3) is 0.143. The predicted octanol–water partition coefficient (Wildman–Crippen LogP) is 2.47. The molecule has 96 valence electrons. The van der Waals surface area contributed by atoms with Crippen molar-refractivity contribution in [1.29, 1.82) is 0 Å². The Morgan fingerprint density at radius 2 is 1.95 bits per heavy atom. The average Bonchev–Trinajstić information content (AvgIpc) is 2.85. The number of fused-ring (bicyclic) bond motifs is 1. The van der Waals surface area contributed by atoms with Gasteiger partial charge in [0.2, 0.25) is 5.88 Å². The zero-order chi connectivity index (χ0) is 13.2. The summed E-state index contributed by atoms with van der Waals surface area (Å²) in [5.41, 5.74) is 1.27. The van der Waals surface area contributed by atoms with Gasteiger partial charge in [0.1, 0.15) is 11.6 Å². The second-order valence-electron chi connectivity index (χ2n) is 4.15. The third kappa shape index (κ3) is 2.03. The highest BCUT2D eigenvalue weighted by molar-refractivity contribution is 5.42. The Kier molecular flexibility index (Phi) is 2.87. The minimum absolute atomic E-state index is 0.242. The van der Waals surface area contributed by atoms with Crippen LogP contribution >= 0.6 is 0 Å². The second kappa shape index (κ2) is 4.68. The van der Waals surface area contributed by atoms with E-state index in [0.29, 0.717) is 29.3 Å². The number of aromatic nitrogens is 3. The number of ether oxygens (including phenoxy) is 1. The van der Waals surface area contributed by atoms with E-state index < -0.39 is 0 Å². The van der Waals surface area contributed by atoms with Crippen LogP contribution in [-0.2, 0) is 6.42 Å². The number of hydrogen-bond donors (Lipinski definition) is 0. The Bertz CT molecular complexity index is 724. The van der Waals surface area contributed by atoms with Gasteiger partial charge in [-0.15, -0.1) is 10.2 Å². The molecule has 0 bridgehead atoms. The van der Waals surface area contributed by atoms with Crippen LogP contribution in [0.25, 0.3) is 5.65 Å². The maximum absolute atomic E-state index is 13.7. The molecule has 3 rings (SSSR count). The molecule has 0 atom stereocenters. The SMILES string of the molecule is COc1cccc2nnc(Cc3ccccc3F)n12. The fourth-order valence-corrected chi connectivity index (χ4v) is 2.06. The minimum Gasteiger partial charge on any atom is -0.482 e.